The second-order valence-electron chi connectivity index (χ2n) is 8.33. The summed E-state index contributed by atoms with van der Waals surface area (Å²) < 4.78 is 26.2. The first kappa shape index (κ1) is 27.8. The number of aryl methyl sites for hydroxylation is 1. The first-order valence-electron chi connectivity index (χ1n) is 11.3. The Bertz CT molecular complexity index is 1150. The molecule has 0 aliphatic carbocycles. The molecule has 0 fully saturated rings. The fourth-order valence-corrected chi connectivity index (χ4v) is 4.37. The van der Waals surface area contributed by atoms with E-state index in [0.29, 0.717) is 12.1 Å². The molecule has 10 nitrogen and oxygen atoms in total. The Balaban J connectivity index is 2.41. The van der Waals surface area contributed by atoms with Crippen LogP contribution in [0.25, 0.3) is 0 Å². The normalized spacial score (nSPS) is 12.0. The minimum absolute atomic E-state index is 0.0368. The van der Waals surface area contributed by atoms with Crippen molar-refractivity contribution in [2.45, 2.75) is 46.2 Å². The van der Waals surface area contributed by atoms with Gasteiger partial charge in [-0.15, -0.1) is 0 Å². The highest BCUT2D eigenvalue weighted by Gasteiger charge is 2.31. The van der Waals surface area contributed by atoms with Gasteiger partial charge >= 0.3 is 0 Å². The van der Waals surface area contributed by atoms with E-state index in [1.165, 1.54) is 17.0 Å². The summed E-state index contributed by atoms with van der Waals surface area (Å²) in [4.78, 5) is 38.2. The molecule has 2 amide bonds. The van der Waals surface area contributed by atoms with Crippen LogP contribution < -0.4 is 9.62 Å². The van der Waals surface area contributed by atoms with Gasteiger partial charge in [0.05, 0.1) is 16.9 Å². The summed E-state index contributed by atoms with van der Waals surface area (Å²) in [6, 6.07) is 12.0. The predicted octanol–water partition coefficient (Wildman–Crippen LogP) is 3.00. The summed E-state index contributed by atoms with van der Waals surface area (Å²) in [6.45, 7) is 5.14. The van der Waals surface area contributed by atoms with Crippen LogP contribution in [0, 0.1) is 17.0 Å². The van der Waals surface area contributed by atoms with Crippen molar-refractivity contribution in [3.63, 3.8) is 0 Å². The lowest BCUT2D eigenvalue weighted by Gasteiger charge is -2.31. The van der Waals surface area contributed by atoms with Crippen molar-refractivity contribution in [3.05, 3.63) is 69.8 Å². The van der Waals surface area contributed by atoms with E-state index in [9.17, 15) is 28.1 Å². The van der Waals surface area contributed by atoms with Crippen LogP contribution in [0.5, 0.6) is 0 Å². The summed E-state index contributed by atoms with van der Waals surface area (Å²) in [5, 5.41) is 14.1. The maximum Gasteiger partial charge on any atom is 0.271 e. The highest BCUT2D eigenvalue weighted by Crippen LogP contribution is 2.27. The molecule has 190 valence electrons. The maximum absolute atomic E-state index is 13.5. The van der Waals surface area contributed by atoms with Crippen LogP contribution in [-0.4, -0.2) is 55.4 Å². The van der Waals surface area contributed by atoms with Crippen LogP contribution in [0.4, 0.5) is 11.4 Å². The Morgan fingerprint density at radius 2 is 1.80 bits per heavy atom. The zero-order valence-corrected chi connectivity index (χ0v) is 21.2. The number of nitro benzene ring substituents is 1. The van der Waals surface area contributed by atoms with Gasteiger partial charge < -0.3 is 10.2 Å². The van der Waals surface area contributed by atoms with Crippen molar-refractivity contribution in [3.8, 4) is 0 Å². The molecule has 0 unspecified atom stereocenters. The molecule has 0 radical (unpaired) electrons. The largest absolute Gasteiger partial charge is 0.354 e. The average molecular weight is 505 g/mol. The Morgan fingerprint density at radius 3 is 2.37 bits per heavy atom. The number of hydrogen-bond donors (Lipinski definition) is 1. The lowest BCUT2D eigenvalue weighted by molar-refractivity contribution is -0.384. The molecule has 0 aromatic heterocycles. The van der Waals surface area contributed by atoms with Crippen molar-refractivity contribution < 1.29 is 22.9 Å². The molecule has 0 saturated heterocycles. The van der Waals surface area contributed by atoms with Crippen LogP contribution >= 0.6 is 0 Å². The number of hydrogen-bond acceptors (Lipinski definition) is 6. The fraction of sp³-hybridized carbons (Fsp3) is 0.417. The minimum Gasteiger partial charge on any atom is -0.354 e. The molecule has 35 heavy (non-hydrogen) atoms. The highest BCUT2D eigenvalue weighted by atomic mass is 32.2. The van der Waals surface area contributed by atoms with Gasteiger partial charge in [0.25, 0.3) is 5.69 Å². The van der Waals surface area contributed by atoms with E-state index in [-0.39, 0.29) is 23.8 Å². The number of non-ortho nitro benzene ring substituents is 1. The Hall–Kier alpha value is -3.47. The third-order valence-corrected chi connectivity index (χ3v) is 6.67. The number of benzene rings is 2. The number of nitrogens with zero attached hydrogens (tertiary/aromatic N) is 3. The van der Waals surface area contributed by atoms with Crippen molar-refractivity contribution in [2.24, 2.45) is 0 Å². The van der Waals surface area contributed by atoms with Crippen LogP contribution in [0.1, 0.15) is 37.8 Å². The van der Waals surface area contributed by atoms with Crippen LogP contribution in [0.3, 0.4) is 0 Å². The quantitative estimate of drug-likeness (QED) is 0.269. The summed E-state index contributed by atoms with van der Waals surface area (Å²) in [5.41, 5.74) is 0.964. The monoisotopic (exact) mass is 504 g/mol. The molecule has 2 rings (SSSR count). The van der Waals surface area contributed by atoms with E-state index in [1.54, 1.807) is 38.1 Å². The number of nitro groups is 1. The third kappa shape index (κ3) is 7.78. The van der Waals surface area contributed by atoms with E-state index in [2.05, 4.69) is 5.32 Å². The SMILES string of the molecule is CCCCNC(=O)[C@@H](C)N(Cc1ccccc1)C(=O)CN(c1cc([N+](=O)[O-])ccc1C)S(C)(=O)=O. The zero-order valence-electron chi connectivity index (χ0n) is 20.4. The Morgan fingerprint density at radius 1 is 1.14 bits per heavy atom. The smallest absolute Gasteiger partial charge is 0.271 e. The van der Waals surface area contributed by atoms with E-state index < -0.39 is 33.4 Å². The number of rotatable bonds is 12. The Labute approximate surface area is 206 Å². The number of nitrogens with one attached hydrogen (secondary N) is 1. The Kier molecular flexibility index (Phi) is 9.76. The summed E-state index contributed by atoms with van der Waals surface area (Å²) in [7, 11) is -3.99. The second-order valence-corrected chi connectivity index (χ2v) is 10.2. The van der Waals surface area contributed by atoms with E-state index in [4.69, 9.17) is 0 Å². The molecule has 0 bridgehead atoms. The van der Waals surface area contributed by atoms with Gasteiger partial charge in [-0.1, -0.05) is 49.7 Å². The standard InChI is InChI=1S/C24H32N4O6S/c1-5-6-14-25-24(30)19(3)26(16-20-10-8-7-9-11-20)23(29)17-27(35(4,33)34)22-15-21(28(31)32)13-12-18(22)2/h7-13,15,19H,5-6,14,16-17H2,1-4H3,(H,25,30)/t19-/m1/s1. The van der Waals surface area contributed by atoms with Crippen LogP contribution in [0.2, 0.25) is 0 Å². The van der Waals surface area contributed by atoms with Gasteiger partial charge in [-0.25, -0.2) is 8.42 Å². The zero-order chi connectivity index (χ0) is 26.2. The first-order chi connectivity index (χ1) is 16.5. The van der Waals surface area contributed by atoms with Crippen LogP contribution in [-0.2, 0) is 26.2 Å². The fourth-order valence-electron chi connectivity index (χ4n) is 3.47. The van der Waals surface area contributed by atoms with Crippen molar-refractivity contribution >= 4 is 33.2 Å². The molecular weight excluding hydrogens is 472 g/mol. The molecule has 0 aliphatic heterocycles. The maximum atomic E-state index is 13.5. The average Bonchev–Trinajstić information content (AvgIpc) is 2.80. The number of carbonyl (C=O) groups is 2. The molecule has 2 aromatic rings. The minimum atomic E-state index is -3.99. The van der Waals surface area contributed by atoms with Crippen molar-refractivity contribution in [1.29, 1.82) is 0 Å². The summed E-state index contributed by atoms with van der Waals surface area (Å²) >= 11 is 0. The van der Waals surface area contributed by atoms with E-state index in [0.717, 1.165) is 35.0 Å². The highest BCUT2D eigenvalue weighted by molar-refractivity contribution is 7.92. The topological polar surface area (TPSA) is 130 Å². The van der Waals surface area contributed by atoms with Gasteiger partial charge in [-0.3, -0.25) is 24.0 Å². The van der Waals surface area contributed by atoms with Gasteiger partial charge in [0.2, 0.25) is 21.8 Å². The molecule has 0 saturated carbocycles. The molecule has 1 atom stereocenters. The first-order valence-corrected chi connectivity index (χ1v) is 13.1. The lowest BCUT2D eigenvalue weighted by Crippen LogP contribution is -2.51. The van der Waals surface area contributed by atoms with Crippen molar-refractivity contribution in [1.82, 2.24) is 10.2 Å². The molecule has 1 N–H and O–H groups in total. The third-order valence-electron chi connectivity index (χ3n) is 5.54. The van der Waals surface area contributed by atoms with Crippen molar-refractivity contribution in [2.75, 3.05) is 23.7 Å². The van der Waals surface area contributed by atoms with Crippen LogP contribution in [0.15, 0.2) is 48.5 Å². The summed E-state index contributed by atoms with van der Waals surface area (Å²) in [6.07, 6.45) is 2.62. The van der Waals surface area contributed by atoms with Gasteiger partial charge in [-0.05, 0) is 31.4 Å². The van der Waals surface area contributed by atoms with E-state index in [1.807, 2.05) is 13.0 Å². The second kappa shape index (κ2) is 12.3. The lowest BCUT2D eigenvalue weighted by atomic mass is 10.1. The number of carbonyl (C=O) groups excluding carboxylic acids is 2. The molecular formula is C24H32N4O6S. The van der Waals surface area contributed by atoms with E-state index >= 15 is 0 Å². The molecule has 11 heteroatoms. The van der Waals surface area contributed by atoms with Gasteiger partial charge in [0.1, 0.15) is 12.6 Å². The van der Waals surface area contributed by atoms with Gasteiger partial charge in [-0.2, -0.15) is 0 Å². The van der Waals surface area contributed by atoms with Gasteiger partial charge in [0.15, 0.2) is 0 Å². The molecule has 2 aromatic carbocycles. The molecule has 0 heterocycles. The number of amides is 2. The predicted molar refractivity (Wildman–Crippen MR) is 134 cm³/mol. The number of unbranched alkanes of at least 4 members (excludes halogenated alkanes) is 1. The van der Waals surface area contributed by atoms with Gasteiger partial charge in [0, 0.05) is 25.2 Å². The number of sulfonamides is 1. The molecule has 0 spiro atoms. The number of anilines is 1. The molecule has 0 aliphatic rings. The summed E-state index contributed by atoms with van der Waals surface area (Å²) in [5.74, 6) is -0.955.